The number of piperidine rings is 1. The zero-order valence-electron chi connectivity index (χ0n) is 13.1. The zero-order valence-corrected chi connectivity index (χ0v) is 14.7. The van der Waals surface area contributed by atoms with Crippen LogP contribution in [0.15, 0.2) is 0 Å². The first-order valence-corrected chi connectivity index (χ1v) is 7.88. The van der Waals surface area contributed by atoms with Crippen molar-refractivity contribution < 1.29 is 4.79 Å². The van der Waals surface area contributed by atoms with Crippen LogP contribution in [0.3, 0.4) is 0 Å². The van der Waals surface area contributed by atoms with E-state index in [-0.39, 0.29) is 42.2 Å². The summed E-state index contributed by atoms with van der Waals surface area (Å²) in [6.07, 6.45) is 8.17. The zero-order chi connectivity index (χ0) is 13.7. The number of nitrogens with zero attached hydrogens (tertiary/aromatic N) is 1. The van der Waals surface area contributed by atoms with Crippen LogP contribution >= 0.6 is 24.8 Å². The van der Waals surface area contributed by atoms with Gasteiger partial charge < -0.3 is 16.0 Å². The lowest BCUT2D eigenvalue weighted by atomic mass is 9.74. The van der Waals surface area contributed by atoms with Crippen molar-refractivity contribution >= 4 is 30.7 Å². The Morgan fingerprint density at radius 3 is 2.48 bits per heavy atom. The average Bonchev–Trinajstić information content (AvgIpc) is 2.39. The van der Waals surface area contributed by atoms with Gasteiger partial charge in [-0.05, 0) is 45.7 Å². The molecule has 0 aromatic heterocycles. The Bertz CT molecular complexity index is 307. The van der Waals surface area contributed by atoms with Crippen LogP contribution in [0.5, 0.6) is 0 Å². The Labute approximate surface area is 141 Å². The highest BCUT2D eigenvalue weighted by Crippen LogP contribution is 2.31. The third kappa shape index (κ3) is 6.31. The van der Waals surface area contributed by atoms with Gasteiger partial charge >= 0.3 is 0 Å². The predicted molar refractivity (Wildman–Crippen MR) is 92.3 cm³/mol. The van der Waals surface area contributed by atoms with E-state index < -0.39 is 0 Å². The normalized spacial score (nSPS) is 29.9. The number of carbonyl (C=O) groups is 1. The number of carbonyl (C=O) groups excluding carboxylic acids is 1. The molecule has 1 aliphatic carbocycles. The highest BCUT2D eigenvalue weighted by atomic mass is 35.5. The molecule has 1 saturated carbocycles. The predicted octanol–water partition coefficient (Wildman–Crippen LogP) is 2.34. The van der Waals surface area contributed by atoms with Crippen LogP contribution in [0.4, 0.5) is 0 Å². The molecule has 0 aromatic carbocycles. The van der Waals surface area contributed by atoms with E-state index in [2.05, 4.69) is 10.2 Å². The average molecular weight is 340 g/mol. The van der Waals surface area contributed by atoms with Crippen molar-refractivity contribution in [2.24, 2.45) is 11.7 Å². The van der Waals surface area contributed by atoms with Gasteiger partial charge in [-0.2, -0.15) is 0 Å². The minimum atomic E-state index is -0.312. The van der Waals surface area contributed by atoms with Gasteiger partial charge in [0.25, 0.3) is 0 Å². The molecule has 1 heterocycles. The van der Waals surface area contributed by atoms with E-state index in [0.717, 1.165) is 38.8 Å². The Kier molecular flexibility index (Phi) is 9.87. The number of nitrogens with one attached hydrogen (secondary N) is 1. The summed E-state index contributed by atoms with van der Waals surface area (Å²) in [6, 6.07) is 0. The molecule has 0 spiro atoms. The summed E-state index contributed by atoms with van der Waals surface area (Å²) in [5, 5.41) is 3.09. The first-order chi connectivity index (χ1) is 9.09. The lowest BCUT2D eigenvalue weighted by Gasteiger charge is -2.37. The highest BCUT2D eigenvalue weighted by molar-refractivity contribution is 5.85. The van der Waals surface area contributed by atoms with Gasteiger partial charge in [0.15, 0.2) is 0 Å². The van der Waals surface area contributed by atoms with Crippen LogP contribution in [0.1, 0.15) is 51.9 Å². The molecule has 2 fully saturated rings. The Morgan fingerprint density at radius 2 is 1.86 bits per heavy atom. The molecule has 2 unspecified atom stereocenters. The number of likely N-dealkylation sites (tertiary alicyclic amines) is 1. The maximum atomic E-state index is 12.2. The second-order valence-corrected chi connectivity index (χ2v) is 6.50. The topological polar surface area (TPSA) is 58.4 Å². The number of hydrogen-bond donors (Lipinski definition) is 2. The van der Waals surface area contributed by atoms with E-state index in [1.165, 1.54) is 32.4 Å². The summed E-state index contributed by atoms with van der Waals surface area (Å²) in [4.78, 5) is 14.7. The number of rotatable bonds is 4. The van der Waals surface area contributed by atoms with Gasteiger partial charge in [-0.15, -0.1) is 24.8 Å². The van der Waals surface area contributed by atoms with E-state index in [9.17, 15) is 4.79 Å². The van der Waals surface area contributed by atoms with Crippen LogP contribution < -0.4 is 11.1 Å². The van der Waals surface area contributed by atoms with Crippen molar-refractivity contribution in [2.75, 3.05) is 26.2 Å². The number of amides is 1. The van der Waals surface area contributed by atoms with Gasteiger partial charge in [-0.1, -0.05) is 19.3 Å². The van der Waals surface area contributed by atoms with Crippen molar-refractivity contribution in [1.29, 1.82) is 0 Å². The largest absolute Gasteiger partial charge is 0.355 e. The minimum absolute atomic E-state index is 0. The van der Waals surface area contributed by atoms with Crippen molar-refractivity contribution in [3.8, 4) is 0 Å². The van der Waals surface area contributed by atoms with Crippen molar-refractivity contribution in [3.05, 3.63) is 0 Å². The minimum Gasteiger partial charge on any atom is -0.355 e. The van der Waals surface area contributed by atoms with Crippen LogP contribution in [0, 0.1) is 5.92 Å². The van der Waals surface area contributed by atoms with E-state index in [1.54, 1.807) is 0 Å². The second-order valence-electron chi connectivity index (χ2n) is 6.50. The van der Waals surface area contributed by atoms with Gasteiger partial charge in [-0.3, -0.25) is 4.79 Å². The summed E-state index contributed by atoms with van der Waals surface area (Å²) >= 11 is 0. The molecule has 1 amide bonds. The molecule has 126 valence electrons. The van der Waals surface area contributed by atoms with Crippen LogP contribution in [-0.2, 0) is 4.79 Å². The molecule has 1 aliphatic heterocycles. The SMILES string of the molecule is CC1(N)CCCCC1C(=O)NCCN1CCCCC1.Cl.Cl. The third-order valence-corrected chi connectivity index (χ3v) is 4.75. The van der Waals surface area contributed by atoms with Crippen molar-refractivity contribution in [2.45, 2.75) is 57.4 Å². The Balaban J connectivity index is 0.00000200. The first kappa shape index (κ1) is 21.0. The van der Waals surface area contributed by atoms with E-state index in [0.29, 0.717) is 0 Å². The molecule has 21 heavy (non-hydrogen) atoms. The summed E-state index contributed by atoms with van der Waals surface area (Å²) in [7, 11) is 0. The standard InChI is InChI=1S/C15H29N3O.2ClH/c1-15(16)8-4-3-7-13(15)14(19)17-9-12-18-10-5-2-6-11-18;;/h13H,2-12,16H2,1H3,(H,17,19);2*1H. The molecule has 0 radical (unpaired) electrons. The van der Waals surface area contributed by atoms with Crippen molar-refractivity contribution in [3.63, 3.8) is 0 Å². The number of halogens is 2. The first-order valence-electron chi connectivity index (χ1n) is 7.88. The van der Waals surface area contributed by atoms with Crippen LogP contribution in [-0.4, -0.2) is 42.5 Å². The van der Waals surface area contributed by atoms with Gasteiger partial charge in [0.05, 0.1) is 5.92 Å². The molecular formula is C15H31Cl2N3O. The van der Waals surface area contributed by atoms with E-state index in [1.807, 2.05) is 6.92 Å². The maximum Gasteiger partial charge on any atom is 0.225 e. The van der Waals surface area contributed by atoms with Crippen LogP contribution in [0.2, 0.25) is 0 Å². The fourth-order valence-electron chi connectivity index (χ4n) is 3.43. The quantitative estimate of drug-likeness (QED) is 0.826. The second kappa shape index (κ2) is 9.88. The van der Waals surface area contributed by atoms with Gasteiger partial charge in [0.1, 0.15) is 0 Å². The summed E-state index contributed by atoms with van der Waals surface area (Å²) in [5.41, 5.74) is 5.95. The van der Waals surface area contributed by atoms with Crippen molar-refractivity contribution in [1.82, 2.24) is 10.2 Å². The van der Waals surface area contributed by atoms with Gasteiger partial charge in [-0.25, -0.2) is 0 Å². The fraction of sp³-hybridized carbons (Fsp3) is 0.933. The van der Waals surface area contributed by atoms with Gasteiger partial charge in [0, 0.05) is 18.6 Å². The molecule has 4 nitrogen and oxygen atoms in total. The maximum absolute atomic E-state index is 12.2. The molecule has 0 aromatic rings. The van der Waals surface area contributed by atoms with Gasteiger partial charge in [0.2, 0.25) is 5.91 Å². The monoisotopic (exact) mass is 339 g/mol. The molecule has 6 heteroatoms. The third-order valence-electron chi connectivity index (χ3n) is 4.75. The Hall–Kier alpha value is -0.0300. The number of nitrogens with two attached hydrogens (primary N) is 1. The summed E-state index contributed by atoms with van der Waals surface area (Å²) in [6.45, 7) is 6.16. The molecule has 2 atom stereocenters. The molecule has 2 rings (SSSR count). The fourth-order valence-corrected chi connectivity index (χ4v) is 3.43. The lowest BCUT2D eigenvalue weighted by molar-refractivity contribution is -0.128. The summed E-state index contributed by atoms with van der Waals surface area (Å²) < 4.78 is 0. The van der Waals surface area contributed by atoms with E-state index >= 15 is 0 Å². The molecular weight excluding hydrogens is 309 g/mol. The molecule has 0 bridgehead atoms. The number of hydrogen-bond acceptors (Lipinski definition) is 3. The Morgan fingerprint density at radius 1 is 1.19 bits per heavy atom. The van der Waals surface area contributed by atoms with Crippen LogP contribution in [0.25, 0.3) is 0 Å². The highest BCUT2D eigenvalue weighted by Gasteiger charge is 2.37. The molecule has 1 saturated heterocycles. The molecule has 2 aliphatic rings. The lowest BCUT2D eigenvalue weighted by Crippen LogP contribution is -2.53. The summed E-state index contributed by atoms with van der Waals surface area (Å²) in [5.74, 6) is 0.171. The smallest absolute Gasteiger partial charge is 0.225 e. The molecule has 3 N–H and O–H groups in total. The van der Waals surface area contributed by atoms with E-state index in [4.69, 9.17) is 5.73 Å².